The van der Waals surface area contributed by atoms with Gasteiger partial charge in [-0.15, -0.1) is 0 Å². The Hall–Kier alpha value is -1.95. The number of piperidine rings is 1. The maximum absolute atomic E-state index is 13.9. The molecule has 1 aliphatic heterocycles. The monoisotopic (exact) mass is 266 g/mol. The summed E-state index contributed by atoms with van der Waals surface area (Å²) in [4.78, 5) is 22.5. The summed E-state index contributed by atoms with van der Waals surface area (Å²) >= 11 is 0. The number of rotatable bonds is 4. The van der Waals surface area contributed by atoms with Crippen LogP contribution in [0.4, 0.5) is 4.39 Å². The fraction of sp³-hybridized carbons (Fsp3) is 0.385. The largest absolute Gasteiger partial charge is 0.494 e. The van der Waals surface area contributed by atoms with E-state index in [-0.39, 0.29) is 24.1 Å². The molecule has 0 saturated carbocycles. The quantitative estimate of drug-likeness (QED) is 0.788. The highest BCUT2D eigenvalue weighted by molar-refractivity contribution is 6.00. The van der Waals surface area contributed by atoms with Gasteiger partial charge >= 0.3 is 0 Å². The second kappa shape index (κ2) is 5.79. The number of halogens is 1. The fourth-order valence-electron chi connectivity index (χ4n) is 1.97. The Bertz CT molecular complexity index is 505. The third kappa shape index (κ3) is 3.08. The molecule has 6 heteroatoms. The number of carbonyl (C=O) groups excluding carboxylic acids is 2. The van der Waals surface area contributed by atoms with Crippen LogP contribution >= 0.6 is 0 Å². The first kappa shape index (κ1) is 13.5. The standard InChI is InChI=1S/C13H15FN2O3/c1-19-10-4-2-3-8(12(10)14)7-15-9-5-6-11(17)16-13(9)18/h2-4,9,15H,5-7H2,1H3,(H,16,17,18). The topological polar surface area (TPSA) is 67.4 Å². The molecular formula is C13H15FN2O3. The number of imide groups is 1. The van der Waals surface area contributed by atoms with Gasteiger partial charge in [0.25, 0.3) is 0 Å². The summed E-state index contributed by atoms with van der Waals surface area (Å²) in [6.07, 6.45) is 0.722. The molecule has 2 N–H and O–H groups in total. The molecule has 1 aliphatic rings. The summed E-state index contributed by atoms with van der Waals surface area (Å²) < 4.78 is 18.8. The summed E-state index contributed by atoms with van der Waals surface area (Å²) in [5.41, 5.74) is 0.420. The number of ether oxygens (including phenoxy) is 1. The van der Waals surface area contributed by atoms with Gasteiger partial charge in [0.15, 0.2) is 11.6 Å². The van der Waals surface area contributed by atoms with Gasteiger partial charge in [0.1, 0.15) is 0 Å². The van der Waals surface area contributed by atoms with E-state index in [1.165, 1.54) is 13.2 Å². The molecule has 5 nitrogen and oxygen atoms in total. The molecule has 0 bridgehead atoms. The van der Waals surface area contributed by atoms with E-state index >= 15 is 0 Å². The van der Waals surface area contributed by atoms with Gasteiger partial charge in [-0.1, -0.05) is 12.1 Å². The molecular weight excluding hydrogens is 251 g/mol. The number of methoxy groups -OCH3 is 1. The number of hydrogen-bond acceptors (Lipinski definition) is 4. The van der Waals surface area contributed by atoms with Crippen molar-refractivity contribution >= 4 is 11.8 Å². The number of carbonyl (C=O) groups is 2. The van der Waals surface area contributed by atoms with Crippen LogP contribution in [0.1, 0.15) is 18.4 Å². The third-order valence-corrected chi connectivity index (χ3v) is 3.04. The molecule has 1 heterocycles. The molecule has 0 radical (unpaired) electrons. The van der Waals surface area contributed by atoms with Crippen molar-refractivity contribution in [2.75, 3.05) is 7.11 Å². The average Bonchev–Trinajstić information content (AvgIpc) is 2.39. The van der Waals surface area contributed by atoms with Crippen LogP contribution in [-0.2, 0) is 16.1 Å². The lowest BCUT2D eigenvalue weighted by atomic mass is 10.1. The van der Waals surface area contributed by atoms with E-state index in [2.05, 4.69) is 10.6 Å². The molecule has 0 spiro atoms. The molecule has 102 valence electrons. The molecule has 2 rings (SSSR count). The van der Waals surface area contributed by atoms with Gasteiger partial charge in [0, 0.05) is 18.5 Å². The number of benzene rings is 1. The average molecular weight is 266 g/mol. The zero-order valence-electron chi connectivity index (χ0n) is 10.5. The molecule has 0 aromatic heterocycles. The first-order valence-corrected chi connectivity index (χ1v) is 6.00. The molecule has 1 aromatic carbocycles. The minimum Gasteiger partial charge on any atom is -0.494 e. The molecule has 1 fully saturated rings. The van der Waals surface area contributed by atoms with Gasteiger partial charge in [-0.3, -0.25) is 14.9 Å². The highest BCUT2D eigenvalue weighted by Gasteiger charge is 2.26. The minimum absolute atomic E-state index is 0.169. The van der Waals surface area contributed by atoms with Crippen LogP contribution < -0.4 is 15.4 Å². The Labute approximate surface area is 110 Å². The molecule has 1 aromatic rings. The molecule has 1 saturated heterocycles. The summed E-state index contributed by atoms with van der Waals surface area (Å²) in [6.45, 7) is 0.204. The summed E-state index contributed by atoms with van der Waals surface area (Å²) in [7, 11) is 1.40. The van der Waals surface area contributed by atoms with Gasteiger partial charge < -0.3 is 10.1 Å². The second-order valence-corrected chi connectivity index (χ2v) is 4.32. The van der Waals surface area contributed by atoms with Gasteiger partial charge in [-0.05, 0) is 12.5 Å². The van der Waals surface area contributed by atoms with E-state index in [1.54, 1.807) is 12.1 Å². The van der Waals surface area contributed by atoms with Crippen molar-refractivity contribution in [3.05, 3.63) is 29.6 Å². The van der Waals surface area contributed by atoms with Gasteiger partial charge in [0.2, 0.25) is 11.8 Å². The molecule has 1 atom stereocenters. The van der Waals surface area contributed by atoms with Crippen LogP contribution in [0, 0.1) is 5.82 Å². The van der Waals surface area contributed by atoms with Crippen LogP contribution in [-0.4, -0.2) is 25.0 Å². The lowest BCUT2D eigenvalue weighted by Gasteiger charge is -2.22. The van der Waals surface area contributed by atoms with Crippen molar-refractivity contribution in [1.29, 1.82) is 0 Å². The molecule has 1 unspecified atom stereocenters. The van der Waals surface area contributed by atoms with Crippen LogP contribution in [0.25, 0.3) is 0 Å². The van der Waals surface area contributed by atoms with Gasteiger partial charge in [0.05, 0.1) is 13.2 Å². The van der Waals surface area contributed by atoms with Crippen LogP contribution in [0.15, 0.2) is 18.2 Å². The zero-order valence-corrected chi connectivity index (χ0v) is 10.5. The number of amides is 2. The van der Waals surface area contributed by atoms with Crippen molar-refractivity contribution in [3.8, 4) is 5.75 Å². The van der Waals surface area contributed by atoms with Crippen molar-refractivity contribution in [3.63, 3.8) is 0 Å². The Kier molecular flexibility index (Phi) is 4.11. The van der Waals surface area contributed by atoms with Crippen molar-refractivity contribution < 1.29 is 18.7 Å². The second-order valence-electron chi connectivity index (χ2n) is 4.32. The molecule has 19 heavy (non-hydrogen) atoms. The van der Waals surface area contributed by atoms with E-state index in [0.29, 0.717) is 18.4 Å². The maximum atomic E-state index is 13.9. The number of nitrogens with one attached hydrogen (secondary N) is 2. The number of hydrogen-bond donors (Lipinski definition) is 2. The Balaban J connectivity index is 1.99. The smallest absolute Gasteiger partial charge is 0.243 e. The Morgan fingerprint density at radius 1 is 1.47 bits per heavy atom. The third-order valence-electron chi connectivity index (χ3n) is 3.04. The van der Waals surface area contributed by atoms with E-state index in [1.807, 2.05) is 0 Å². The Morgan fingerprint density at radius 2 is 2.26 bits per heavy atom. The highest BCUT2D eigenvalue weighted by Crippen LogP contribution is 2.20. The van der Waals surface area contributed by atoms with Crippen LogP contribution in [0.2, 0.25) is 0 Å². The first-order valence-electron chi connectivity index (χ1n) is 6.00. The highest BCUT2D eigenvalue weighted by atomic mass is 19.1. The van der Waals surface area contributed by atoms with Crippen LogP contribution in [0.3, 0.4) is 0 Å². The van der Waals surface area contributed by atoms with Crippen LogP contribution in [0.5, 0.6) is 5.75 Å². The summed E-state index contributed by atoms with van der Waals surface area (Å²) in [5, 5.41) is 5.18. The lowest BCUT2D eigenvalue weighted by Crippen LogP contribution is -2.50. The van der Waals surface area contributed by atoms with Gasteiger partial charge in [-0.2, -0.15) is 0 Å². The van der Waals surface area contributed by atoms with Crippen molar-refractivity contribution in [1.82, 2.24) is 10.6 Å². The normalized spacial score (nSPS) is 19.2. The predicted molar refractivity (Wildman–Crippen MR) is 66.0 cm³/mol. The van der Waals surface area contributed by atoms with E-state index in [9.17, 15) is 14.0 Å². The lowest BCUT2D eigenvalue weighted by molar-refractivity contribution is -0.134. The SMILES string of the molecule is COc1cccc(CNC2CCC(=O)NC2=O)c1F. The fourth-order valence-corrected chi connectivity index (χ4v) is 1.97. The zero-order chi connectivity index (χ0) is 13.8. The van der Waals surface area contributed by atoms with E-state index in [4.69, 9.17) is 4.74 Å². The van der Waals surface area contributed by atoms with Crippen molar-refractivity contribution in [2.45, 2.75) is 25.4 Å². The van der Waals surface area contributed by atoms with E-state index < -0.39 is 11.9 Å². The summed E-state index contributed by atoms with van der Waals surface area (Å²) in [6, 6.07) is 4.37. The maximum Gasteiger partial charge on any atom is 0.243 e. The molecule has 2 amide bonds. The first-order chi connectivity index (χ1) is 9.11. The molecule has 0 aliphatic carbocycles. The minimum atomic E-state index is -0.469. The van der Waals surface area contributed by atoms with E-state index in [0.717, 1.165) is 0 Å². The van der Waals surface area contributed by atoms with Gasteiger partial charge in [-0.25, -0.2) is 4.39 Å². The Morgan fingerprint density at radius 3 is 2.95 bits per heavy atom. The summed E-state index contributed by atoms with van der Waals surface area (Å²) in [5.74, 6) is -0.900. The predicted octanol–water partition coefficient (Wildman–Crippen LogP) is 0.729. The van der Waals surface area contributed by atoms with Crippen molar-refractivity contribution in [2.24, 2.45) is 0 Å².